The van der Waals surface area contributed by atoms with Crippen molar-refractivity contribution in [2.24, 2.45) is 0 Å². The molecule has 5 heteroatoms. The molecule has 1 unspecified atom stereocenters. The minimum atomic E-state index is 0.381. The molecule has 1 saturated heterocycles. The minimum absolute atomic E-state index is 0.381. The van der Waals surface area contributed by atoms with Gasteiger partial charge < -0.3 is 15.0 Å². The molecule has 1 saturated carbocycles. The van der Waals surface area contributed by atoms with Crippen LogP contribution in [0.4, 0.5) is 5.82 Å². The number of nitrogens with zero attached hydrogens (tertiary/aromatic N) is 3. The van der Waals surface area contributed by atoms with Gasteiger partial charge in [-0.1, -0.05) is 6.42 Å². The summed E-state index contributed by atoms with van der Waals surface area (Å²) in [6.45, 7) is 3.43. The molecule has 1 aromatic heterocycles. The highest BCUT2D eigenvalue weighted by molar-refractivity contribution is 5.37. The zero-order valence-electron chi connectivity index (χ0n) is 11.5. The standard InChI is InChI=1S/C14H22N4O/c1-18(9-12-10-19-8-7-15-12)14-6-5-13(16-17-14)11-3-2-4-11/h5-6,11-12,15H,2-4,7-10H2,1H3. The van der Waals surface area contributed by atoms with Crippen LogP contribution >= 0.6 is 0 Å². The van der Waals surface area contributed by atoms with Crippen molar-refractivity contribution < 1.29 is 4.74 Å². The van der Waals surface area contributed by atoms with Crippen LogP contribution in [0.3, 0.4) is 0 Å². The Morgan fingerprint density at radius 3 is 2.84 bits per heavy atom. The summed E-state index contributed by atoms with van der Waals surface area (Å²) in [4.78, 5) is 2.14. The lowest BCUT2D eigenvalue weighted by Crippen LogP contribution is -2.47. The molecule has 2 fully saturated rings. The van der Waals surface area contributed by atoms with Gasteiger partial charge in [-0.3, -0.25) is 0 Å². The monoisotopic (exact) mass is 262 g/mol. The largest absolute Gasteiger partial charge is 0.378 e. The number of hydrogen-bond donors (Lipinski definition) is 1. The maximum atomic E-state index is 5.47. The molecule has 104 valence electrons. The summed E-state index contributed by atoms with van der Waals surface area (Å²) in [5.74, 6) is 1.59. The van der Waals surface area contributed by atoms with E-state index in [0.717, 1.165) is 37.8 Å². The van der Waals surface area contributed by atoms with Crippen molar-refractivity contribution >= 4 is 5.82 Å². The van der Waals surface area contributed by atoms with Gasteiger partial charge >= 0.3 is 0 Å². The summed E-state index contributed by atoms with van der Waals surface area (Å²) in [6.07, 6.45) is 3.88. The van der Waals surface area contributed by atoms with Crippen molar-refractivity contribution in [2.75, 3.05) is 38.3 Å². The fourth-order valence-electron chi connectivity index (χ4n) is 2.62. The van der Waals surface area contributed by atoms with Gasteiger partial charge in [-0.05, 0) is 25.0 Å². The van der Waals surface area contributed by atoms with E-state index in [1.165, 1.54) is 19.3 Å². The smallest absolute Gasteiger partial charge is 0.151 e. The van der Waals surface area contributed by atoms with Gasteiger partial charge in [-0.25, -0.2) is 0 Å². The second kappa shape index (κ2) is 5.84. The summed E-state index contributed by atoms with van der Waals surface area (Å²) in [6, 6.07) is 4.60. The number of morpholine rings is 1. The van der Waals surface area contributed by atoms with Crippen LogP contribution in [0.5, 0.6) is 0 Å². The molecule has 19 heavy (non-hydrogen) atoms. The van der Waals surface area contributed by atoms with Crippen LogP contribution in [-0.2, 0) is 4.74 Å². The fourth-order valence-corrected chi connectivity index (χ4v) is 2.62. The highest BCUT2D eigenvalue weighted by Crippen LogP contribution is 2.35. The van der Waals surface area contributed by atoms with Crippen LogP contribution in [0.1, 0.15) is 30.9 Å². The normalized spacial score (nSPS) is 23.9. The summed E-state index contributed by atoms with van der Waals surface area (Å²) in [5.41, 5.74) is 1.16. The van der Waals surface area contributed by atoms with E-state index in [1.54, 1.807) is 0 Å². The Hall–Kier alpha value is -1.20. The van der Waals surface area contributed by atoms with Crippen LogP contribution in [0, 0.1) is 0 Å². The van der Waals surface area contributed by atoms with Crippen molar-refractivity contribution in [3.8, 4) is 0 Å². The number of aromatic nitrogens is 2. The maximum Gasteiger partial charge on any atom is 0.151 e. The number of nitrogens with one attached hydrogen (secondary N) is 1. The molecule has 3 rings (SSSR count). The third-order valence-corrected chi connectivity index (χ3v) is 4.08. The Balaban J connectivity index is 1.57. The van der Waals surface area contributed by atoms with Crippen LogP contribution in [-0.4, -0.2) is 49.6 Å². The number of rotatable bonds is 4. The Labute approximate surface area is 114 Å². The first kappa shape index (κ1) is 12.8. The summed E-state index contributed by atoms with van der Waals surface area (Å²) >= 11 is 0. The predicted molar refractivity (Wildman–Crippen MR) is 74.5 cm³/mol. The zero-order valence-corrected chi connectivity index (χ0v) is 11.5. The Morgan fingerprint density at radius 1 is 1.37 bits per heavy atom. The lowest BCUT2D eigenvalue weighted by atomic mass is 9.83. The maximum absolute atomic E-state index is 5.47. The number of likely N-dealkylation sites (N-methyl/N-ethyl adjacent to an activating group) is 1. The number of hydrogen-bond acceptors (Lipinski definition) is 5. The fraction of sp³-hybridized carbons (Fsp3) is 0.714. The summed E-state index contributed by atoms with van der Waals surface area (Å²) < 4.78 is 5.47. The zero-order chi connectivity index (χ0) is 13.1. The first-order valence-corrected chi connectivity index (χ1v) is 7.19. The van der Waals surface area contributed by atoms with Crippen LogP contribution < -0.4 is 10.2 Å². The molecule has 1 atom stereocenters. The van der Waals surface area contributed by atoms with E-state index in [4.69, 9.17) is 4.74 Å². The van der Waals surface area contributed by atoms with E-state index in [0.29, 0.717) is 12.0 Å². The SMILES string of the molecule is CN(CC1COCCN1)c1ccc(C2CCC2)nn1. The highest BCUT2D eigenvalue weighted by Gasteiger charge is 2.21. The van der Waals surface area contributed by atoms with Gasteiger partial charge in [-0.15, -0.1) is 5.10 Å². The topological polar surface area (TPSA) is 50.3 Å². The second-order valence-corrected chi connectivity index (χ2v) is 5.55. The van der Waals surface area contributed by atoms with Crippen LogP contribution in [0.2, 0.25) is 0 Å². The molecular formula is C14H22N4O. The van der Waals surface area contributed by atoms with Gasteiger partial charge in [0.25, 0.3) is 0 Å². The lowest BCUT2D eigenvalue weighted by Gasteiger charge is -2.29. The molecule has 0 spiro atoms. The quantitative estimate of drug-likeness (QED) is 0.882. The van der Waals surface area contributed by atoms with E-state index in [9.17, 15) is 0 Å². The highest BCUT2D eigenvalue weighted by atomic mass is 16.5. The molecule has 1 aliphatic heterocycles. The molecule has 1 N–H and O–H groups in total. The van der Waals surface area contributed by atoms with Crippen molar-refractivity contribution in [1.29, 1.82) is 0 Å². The van der Waals surface area contributed by atoms with Crippen molar-refractivity contribution in [3.05, 3.63) is 17.8 Å². The van der Waals surface area contributed by atoms with Gasteiger partial charge in [0.2, 0.25) is 0 Å². The first-order valence-electron chi connectivity index (χ1n) is 7.19. The summed E-state index contributed by atoms with van der Waals surface area (Å²) in [5, 5.41) is 12.2. The van der Waals surface area contributed by atoms with E-state index < -0.39 is 0 Å². The molecule has 0 radical (unpaired) electrons. The third kappa shape index (κ3) is 3.04. The Morgan fingerprint density at radius 2 is 2.26 bits per heavy atom. The number of anilines is 1. The van der Waals surface area contributed by atoms with Crippen LogP contribution in [0.25, 0.3) is 0 Å². The molecule has 2 heterocycles. The van der Waals surface area contributed by atoms with E-state index in [1.807, 2.05) is 0 Å². The van der Waals surface area contributed by atoms with Crippen LogP contribution in [0.15, 0.2) is 12.1 Å². The molecule has 1 aliphatic carbocycles. The predicted octanol–water partition coefficient (Wildman–Crippen LogP) is 1.17. The molecule has 1 aromatic rings. The lowest BCUT2D eigenvalue weighted by molar-refractivity contribution is 0.0790. The van der Waals surface area contributed by atoms with Gasteiger partial charge in [0.1, 0.15) is 0 Å². The molecule has 0 bridgehead atoms. The average Bonchev–Trinajstić information content (AvgIpc) is 2.39. The van der Waals surface area contributed by atoms with E-state index in [2.05, 4.69) is 39.6 Å². The average molecular weight is 262 g/mol. The summed E-state index contributed by atoms with van der Waals surface area (Å²) in [7, 11) is 2.06. The minimum Gasteiger partial charge on any atom is -0.378 e. The van der Waals surface area contributed by atoms with Crippen molar-refractivity contribution in [3.63, 3.8) is 0 Å². The molecule has 0 amide bonds. The van der Waals surface area contributed by atoms with Crippen molar-refractivity contribution in [2.45, 2.75) is 31.2 Å². The Bertz CT molecular complexity index is 398. The molecule has 0 aromatic carbocycles. The molecule has 5 nitrogen and oxygen atoms in total. The van der Waals surface area contributed by atoms with Gasteiger partial charge in [0.05, 0.1) is 18.9 Å². The van der Waals surface area contributed by atoms with E-state index in [-0.39, 0.29) is 0 Å². The number of ether oxygens (including phenoxy) is 1. The third-order valence-electron chi connectivity index (χ3n) is 4.08. The Kier molecular flexibility index (Phi) is 3.94. The second-order valence-electron chi connectivity index (χ2n) is 5.55. The molecular weight excluding hydrogens is 240 g/mol. The molecule has 2 aliphatic rings. The van der Waals surface area contributed by atoms with Crippen molar-refractivity contribution in [1.82, 2.24) is 15.5 Å². The van der Waals surface area contributed by atoms with Gasteiger partial charge in [-0.2, -0.15) is 5.10 Å². The van der Waals surface area contributed by atoms with E-state index >= 15 is 0 Å². The van der Waals surface area contributed by atoms with Gasteiger partial charge in [0, 0.05) is 32.1 Å². The first-order chi connectivity index (χ1) is 9.33. The van der Waals surface area contributed by atoms with Gasteiger partial charge in [0.15, 0.2) is 5.82 Å².